The molecule has 0 saturated carbocycles. The van der Waals surface area contributed by atoms with Crippen LogP contribution in [0.1, 0.15) is 30.1 Å². The molecule has 1 aliphatic rings. The molecule has 1 aromatic rings. The van der Waals surface area contributed by atoms with Crippen LogP contribution in [0.25, 0.3) is 0 Å². The van der Waals surface area contributed by atoms with Crippen molar-refractivity contribution in [1.82, 2.24) is 4.90 Å². The Labute approximate surface area is 132 Å². The molecule has 0 saturated heterocycles. The van der Waals surface area contributed by atoms with E-state index in [0.29, 0.717) is 19.6 Å². The van der Waals surface area contributed by atoms with Gasteiger partial charge in [0.1, 0.15) is 0 Å². The zero-order chi connectivity index (χ0) is 15.8. The molecule has 0 bridgehead atoms. The number of aliphatic hydroxyl groups excluding tert-OH is 3. The number of nitrogens with zero attached hydrogens (tertiary/aromatic N) is 1. The predicted molar refractivity (Wildman–Crippen MR) is 84.7 cm³/mol. The van der Waals surface area contributed by atoms with Crippen LogP contribution in [0.5, 0.6) is 0 Å². The van der Waals surface area contributed by atoms with Crippen molar-refractivity contribution < 1.29 is 20.1 Å². The summed E-state index contributed by atoms with van der Waals surface area (Å²) >= 11 is 0. The molecule has 124 valence electrons. The van der Waals surface area contributed by atoms with E-state index in [0.717, 1.165) is 19.3 Å². The normalized spacial score (nSPS) is 19.2. The van der Waals surface area contributed by atoms with Crippen LogP contribution in [0.15, 0.2) is 24.3 Å². The van der Waals surface area contributed by atoms with Gasteiger partial charge in [-0.3, -0.25) is 4.90 Å². The molecule has 2 rings (SSSR count). The molecule has 0 unspecified atom stereocenters. The molecule has 1 aromatic carbocycles. The van der Waals surface area contributed by atoms with E-state index < -0.39 is 6.10 Å². The molecule has 2 atom stereocenters. The Kier molecular flexibility index (Phi) is 7.29. The third-order valence-corrected chi connectivity index (χ3v) is 4.11. The van der Waals surface area contributed by atoms with Crippen LogP contribution in [0.2, 0.25) is 0 Å². The van der Waals surface area contributed by atoms with Gasteiger partial charge in [0.15, 0.2) is 0 Å². The van der Waals surface area contributed by atoms with Crippen molar-refractivity contribution in [3.63, 3.8) is 0 Å². The van der Waals surface area contributed by atoms with Gasteiger partial charge in [-0.1, -0.05) is 24.3 Å². The Bertz CT molecular complexity index is 434. The fraction of sp³-hybridized carbons (Fsp3) is 0.647. The van der Waals surface area contributed by atoms with Crippen LogP contribution in [-0.2, 0) is 11.2 Å². The second kappa shape index (κ2) is 9.22. The first-order valence-corrected chi connectivity index (χ1v) is 8.06. The third-order valence-electron chi connectivity index (χ3n) is 4.11. The number of hydrogen-bond acceptors (Lipinski definition) is 5. The van der Waals surface area contributed by atoms with Gasteiger partial charge < -0.3 is 20.1 Å². The first-order valence-electron chi connectivity index (χ1n) is 8.06. The maximum Gasteiger partial charge on any atom is 0.0900 e. The van der Waals surface area contributed by atoms with E-state index in [1.54, 1.807) is 0 Å². The number of hydrogen-bond donors (Lipinski definition) is 3. The number of ether oxygens (including phenoxy) is 1. The molecule has 22 heavy (non-hydrogen) atoms. The van der Waals surface area contributed by atoms with Crippen LogP contribution in [-0.4, -0.2) is 65.8 Å². The van der Waals surface area contributed by atoms with E-state index in [1.807, 2.05) is 11.0 Å². The lowest BCUT2D eigenvalue weighted by Crippen LogP contribution is -2.38. The average Bonchev–Trinajstić information content (AvgIpc) is 2.53. The van der Waals surface area contributed by atoms with Crippen LogP contribution in [0.4, 0.5) is 0 Å². The van der Waals surface area contributed by atoms with Crippen LogP contribution in [0.3, 0.4) is 0 Å². The lowest BCUT2D eigenvalue weighted by atomic mass is 9.89. The van der Waals surface area contributed by atoms with Crippen LogP contribution >= 0.6 is 0 Å². The predicted octanol–water partition coefficient (Wildman–Crippen LogP) is 0.728. The number of fused-ring (bicyclic) bond motifs is 1. The Hall–Kier alpha value is -0.980. The zero-order valence-electron chi connectivity index (χ0n) is 13.0. The lowest BCUT2D eigenvalue weighted by Gasteiger charge is -2.28. The van der Waals surface area contributed by atoms with Crippen molar-refractivity contribution in [2.75, 3.05) is 39.5 Å². The Morgan fingerprint density at radius 3 is 2.64 bits per heavy atom. The highest BCUT2D eigenvalue weighted by Gasteiger charge is 2.21. The van der Waals surface area contributed by atoms with Crippen molar-refractivity contribution in [2.24, 2.45) is 0 Å². The molecule has 0 fully saturated rings. The SMILES string of the molecule is OCCN(CCO)C[C@@H](O)CO[C@H]1CCCc2ccccc21. The van der Waals surface area contributed by atoms with Gasteiger partial charge in [-0.25, -0.2) is 0 Å². The van der Waals surface area contributed by atoms with Gasteiger partial charge in [0.25, 0.3) is 0 Å². The maximum absolute atomic E-state index is 10.1. The standard InChI is InChI=1S/C17H27NO4/c19-10-8-18(9-11-20)12-15(21)13-22-17-7-3-5-14-4-1-2-6-16(14)17/h1-2,4,6,15,17,19-21H,3,5,7-13H2/t15-,17+/m1/s1. The van der Waals surface area contributed by atoms with Gasteiger partial charge in [-0.15, -0.1) is 0 Å². The third kappa shape index (κ3) is 5.04. The summed E-state index contributed by atoms with van der Waals surface area (Å²) in [6.07, 6.45) is 2.63. The van der Waals surface area contributed by atoms with Crippen molar-refractivity contribution >= 4 is 0 Å². The monoisotopic (exact) mass is 309 g/mol. The minimum atomic E-state index is -0.618. The molecular formula is C17H27NO4. The summed E-state index contributed by atoms with van der Waals surface area (Å²) in [6.45, 7) is 1.60. The molecule has 0 radical (unpaired) electrons. The molecule has 0 aromatic heterocycles. The molecule has 0 spiro atoms. The van der Waals surface area contributed by atoms with Gasteiger partial charge in [0.05, 0.1) is 32.0 Å². The smallest absolute Gasteiger partial charge is 0.0900 e. The van der Waals surface area contributed by atoms with Crippen LogP contribution < -0.4 is 0 Å². The van der Waals surface area contributed by atoms with Gasteiger partial charge in [-0.05, 0) is 30.4 Å². The second-order valence-corrected chi connectivity index (χ2v) is 5.81. The minimum Gasteiger partial charge on any atom is -0.395 e. The number of aliphatic hydroxyl groups is 3. The fourth-order valence-corrected chi connectivity index (χ4v) is 3.04. The summed E-state index contributed by atoms with van der Waals surface area (Å²) in [5.74, 6) is 0. The van der Waals surface area contributed by atoms with Crippen molar-refractivity contribution in [1.29, 1.82) is 0 Å². The first-order chi connectivity index (χ1) is 10.7. The van der Waals surface area contributed by atoms with Gasteiger partial charge >= 0.3 is 0 Å². The summed E-state index contributed by atoms with van der Waals surface area (Å²) in [5.41, 5.74) is 2.58. The van der Waals surface area contributed by atoms with E-state index in [4.69, 9.17) is 14.9 Å². The van der Waals surface area contributed by atoms with Gasteiger partial charge in [0, 0.05) is 19.6 Å². The number of benzene rings is 1. The van der Waals surface area contributed by atoms with E-state index >= 15 is 0 Å². The molecule has 5 nitrogen and oxygen atoms in total. The van der Waals surface area contributed by atoms with E-state index in [-0.39, 0.29) is 25.9 Å². The van der Waals surface area contributed by atoms with Gasteiger partial charge in [0.2, 0.25) is 0 Å². The summed E-state index contributed by atoms with van der Waals surface area (Å²) in [6, 6.07) is 8.33. The molecule has 0 amide bonds. The topological polar surface area (TPSA) is 73.2 Å². The Morgan fingerprint density at radius 1 is 1.18 bits per heavy atom. The van der Waals surface area contributed by atoms with E-state index in [1.165, 1.54) is 11.1 Å². The Morgan fingerprint density at radius 2 is 1.91 bits per heavy atom. The van der Waals surface area contributed by atoms with E-state index in [2.05, 4.69) is 18.2 Å². The highest BCUT2D eigenvalue weighted by Crippen LogP contribution is 2.32. The lowest BCUT2D eigenvalue weighted by molar-refractivity contribution is -0.0303. The highest BCUT2D eigenvalue weighted by molar-refractivity contribution is 5.31. The summed E-state index contributed by atoms with van der Waals surface area (Å²) in [5, 5.41) is 28.1. The zero-order valence-corrected chi connectivity index (χ0v) is 13.0. The quantitative estimate of drug-likeness (QED) is 0.627. The molecular weight excluding hydrogens is 282 g/mol. The number of aryl methyl sites for hydroxylation is 1. The van der Waals surface area contributed by atoms with Crippen LogP contribution in [0, 0.1) is 0 Å². The molecule has 0 heterocycles. The van der Waals surface area contributed by atoms with E-state index in [9.17, 15) is 5.11 Å². The summed E-state index contributed by atoms with van der Waals surface area (Å²) in [4.78, 5) is 1.84. The summed E-state index contributed by atoms with van der Waals surface area (Å²) < 4.78 is 5.93. The molecule has 1 aliphatic carbocycles. The fourth-order valence-electron chi connectivity index (χ4n) is 3.04. The maximum atomic E-state index is 10.1. The van der Waals surface area contributed by atoms with Crippen molar-refractivity contribution in [3.8, 4) is 0 Å². The minimum absolute atomic E-state index is 0.0174. The molecule has 5 heteroatoms. The summed E-state index contributed by atoms with van der Waals surface area (Å²) in [7, 11) is 0. The van der Waals surface area contributed by atoms with Crippen molar-refractivity contribution in [3.05, 3.63) is 35.4 Å². The second-order valence-electron chi connectivity index (χ2n) is 5.81. The molecule has 3 N–H and O–H groups in total. The average molecular weight is 309 g/mol. The molecule has 0 aliphatic heterocycles. The Balaban J connectivity index is 1.82. The van der Waals surface area contributed by atoms with Gasteiger partial charge in [-0.2, -0.15) is 0 Å². The highest BCUT2D eigenvalue weighted by atomic mass is 16.5. The largest absolute Gasteiger partial charge is 0.395 e. The first kappa shape index (κ1) is 17.4. The number of rotatable bonds is 9. The van der Waals surface area contributed by atoms with Crippen molar-refractivity contribution in [2.45, 2.75) is 31.5 Å².